The Labute approximate surface area is 66.0 Å². The molecular formula is C7H9NO2S. The predicted octanol–water partition coefficient (Wildman–Crippen LogP) is 0.794. The summed E-state index contributed by atoms with van der Waals surface area (Å²) in [6.07, 6.45) is 4.20. The van der Waals surface area contributed by atoms with Crippen molar-refractivity contribution in [3.63, 3.8) is 0 Å². The highest BCUT2D eigenvalue weighted by Gasteiger charge is 2.08. The standard InChI is InChI=1S/C7H9NO2S/c1-6-5-8-4-3-7(6)11(2,9)10/h3-5H,1-2H3. The number of rotatable bonds is 1. The maximum atomic E-state index is 11.0. The average molecular weight is 171 g/mol. The van der Waals surface area contributed by atoms with E-state index < -0.39 is 9.84 Å². The zero-order valence-corrected chi connectivity index (χ0v) is 7.22. The first kappa shape index (κ1) is 8.20. The van der Waals surface area contributed by atoms with Gasteiger partial charge in [-0.1, -0.05) is 0 Å². The van der Waals surface area contributed by atoms with E-state index in [2.05, 4.69) is 4.98 Å². The van der Waals surface area contributed by atoms with Crippen molar-refractivity contribution in [2.24, 2.45) is 0 Å². The Morgan fingerprint density at radius 2 is 2.09 bits per heavy atom. The van der Waals surface area contributed by atoms with E-state index in [-0.39, 0.29) is 0 Å². The van der Waals surface area contributed by atoms with Crippen LogP contribution in [0.5, 0.6) is 0 Å². The molecule has 1 aromatic rings. The minimum atomic E-state index is -3.07. The van der Waals surface area contributed by atoms with Crippen LogP contribution >= 0.6 is 0 Å². The summed E-state index contributed by atoms with van der Waals surface area (Å²) in [4.78, 5) is 4.15. The van der Waals surface area contributed by atoms with E-state index in [1.54, 1.807) is 6.92 Å². The minimum absolute atomic E-state index is 0.354. The Balaban J connectivity index is 3.37. The van der Waals surface area contributed by atoms with Crippen LogP contribution in [0.2, 0.25) is 0 Å². The van der Waals surface area contributed by atoms with Gasteiger partial charge in [-0.25, -0.2) is 8.42 Å². The molecule has 0 atom stereocenters. The molecule has 0 aliphatic carbocycles. The number of aromatic nitrogens is 1. The number of pyridine rings is 1. The summed E-state index contributed by atoms with van der Waals surface area (Å²) in [5.41, 5.74) is 0.690. The number of aryl methyl sites for hydroxylation is 1. The van der Waals surface area contributed by atoms with Crippen LogP contribution in [-0.2, 0) is 9.84 Å². The van der Waals surface area contributed by atoms with Gasteiger partial charge in [0.05, 0.1) is 4.90 Å². The summed E-state index contributed by atoms with van der Waals surface area (Å²) >= 11 is 0. The number of sulfone groups is 1. The summed E-state index contributed by atoms with van der Waals surface area (Å²) in [7, 11) is -3.07. The SMILES string of the molecule is Cc1cnccc1S(C)(=O)=O. The Bertz CT molecular complexity index is 356. The van der Waals surface area contributed by atoms with Crippen LogP contribution in [-0.4, -0.2) is 19.7 Å². The summed E-state index contributed by atoms with van der Waals surface area (Å²) in [5.74, 6) is 0. The second-order valence-electron chi connectivity index (χ2n) is 2.41. The molecule has 0 aliphatic heterocycles. The third-order valence-corrected chi connectivity index (χ3v) is 2.63. The third kappa shape index (κ3) is 1.77. The van der Waals surface area contributed by atoms with Crippen LogP contribution in [0.4, 0.5) is 0 Å². The number of nitrogens with zero attached hydrogens (tertiary/aromatic N) is 1. The fraction of sp³-hybridized carbons (Fsp3) is 0.286. The highest BCUT2D eigenvalue weighted by atomic mass is 32.2. The summed E-state index contributed by atoms with van der Waals surface area (Å²) in [6.45, 7) is 1.73. The smallest absolute Gasteiger partial charge is 0.175 e. The van der Waals surface area contributed by atoms with Gasteiger partial charge in [-0.3, -0.25) is 4.98 Å². The molecule has 1 rings (SSSR count). The van der Waals surface area contributed by atoms with E-state index in [1.807, 2.05) is 0 Å². The highest BCUT2D eigenvalue weighted by Crippen LogP contribution is 2.11. The molecule has 0 saturated heterocycles. The molecule has 0 fully saturated rings. The molecule has 0 amide bonds. The van der Waals surface area contributed by atoms with Crippen molar-refractivity contribution in [1.82, 2.24) is 4.98 Å². The van der Waals surface area contributed by atoms with Gasteiger partial charge in [-0.05, 0) is 18.6 Å². The fourth-order valence-corrected chi connectivity index (χ4v) is 1.82. The van der Waals surface area contributed by atoms with Crippen molar-refractivity contribution < 1.29 is 8.42 Å². The van der Waals surface area contributed by atoms with Gasteiger partial charge >= 0.3 is 0 Å². The van der Waals surface area contributed by atoms with Gasteiger partial charge < -0.3 is 0 Å². The Kier molecular flexibility index (Phi) is 1.95. The van der Waals surface area contributed by atoms with Crippen molar-refractivity contribution in [1.29, 1.82) is 0 Å². The van der Waals surface area contributed by atoms with E-state index in [4.69, 9.17) is 0 Å². The Hall–Kier alpha value is -0.900. The van der Waals surface area contributed by atoms with Gasteiger partial charge in [0.1, 0.15) is 0 Å². The third-order valence-electron chi connectivity index (χ3n) is 1.37. The van der Waals surface area contributed by atoms with Crippen molar-refractivity contribution in [2.45, 2.75) is 11.8 Å². The van der Waals surface area contributed by atoms with Crippen molar-refractivity contribution in [3.8, 4) is 0 Å². The van der Waals surface area contributed by atoms with E-state index in [9.17, 15) is 8.42 Å². The van der Waals surface area contributed by atoms with E-state index in [1.165, 1.54) is 24.7 Å². The van der Waals surface area contributed by atoms with E-state index in [0.717, 1.165) is 0 Å². The number of hydrogen-bond acceptors (Lipinski definition) is 3. The first-order valence-electron chi connectivity index (χ1n) is 3.12. The lowest BCUT2D eigenvalue weighted by atomic mass is 10.3. The molecule has 0 unspecified atom stereocenters. The molecule has 0 saturated carbocycles. The maximum absolute atomic E-state index is 11.0. The molecule has 0 bridgehead atoms. The Morgan fingerprint density at radius 3 is 2.45 bits per heavy atom. The largest absolute Gasteiger partial charge is 0.264 e. The summed E-state index contributed by atoms with van der Waals surface area (Å²) in [6, 6.07) is 1.50. The van der Waals surface area contributed by atoms with Crippen LogP contribution in [0.25, 0.3) is 0 Å². The highest BCUT2D eigenvalue weighted by molar-refractivity contribution is 7.90. The molecule has 11 heavy (non-hydrogen) atoms. The maximum Gasteiger partial charge on any atom is 0.175 e. The first-order chi connectivity index (χ1) is 5.02. The predicted molar refractivity (Wildman–Crippen MR) is 42.1 cm³/mol. The van der Waals surface area contributed by atoms with Crippen molar-refractivity contribution in [3.05, 3.63) is 24.0 Å². The van der Waals surface area contributed by atoms with Crippen LogP contribution < -0.4 is 0 Å². The number of hydrogen-bond donors (Lipinski definition) is 0. The fourth-order valence-electron chi connectivity index (χ4n) is 0.877. The molecule has 1 aromatic heterocycles. The second kappa shape index (κ2) is 2.62. The Morgan fingerprint density at radius 1 is 1.45 bits per heavy atom. The summed E-state index contributed by atoms with van der Waals surface area (Å²) < 4.78 is 22.1. The van der Waals surface area contributed by atoms with Gasteiger partial charge in [0.2, 0.25) is 0 Å². The molecule has 4 heteroatoms. The molecule has 0 spiro atoms. The normalized spacial score (nSPS) is 11.5. The van der Waals surface area contributed by atoms with Crippen molar-refractivity contribution in [2.75, 3.05) is 6.26 Å². The molecule has 0 aromatic carbocycles. The quantitative estimate of drug-likeness (QED) is 0.627. The van der Waals surface area contributed by atoms with Gasteiger partial charge in [0.25, 0.3) is 0 Å². The van der Waals surface area contributed by atoms with Crippen LogP contribution in [0, 0.1) is 6.92 Å². The molecule has 60 valence electrons. The van der Waals surface area contributed by atoms with Crippen LogP contribution in [0.15, 0.2) is 23.4 Å². The van der Waals surface area contributed by atoms with Gasteiger partial charge in [-0.2, -0.15) is 0 Å². The van der Waals surface area contributed by atoms with Crippen molar-refractivity contribution >= 4 is 9.84 Å². The molecule has 3 nitrogen and oxygen atoms in total. The zero-order chi connectivity index (χ0) is 8.48. The average Bonchev–Trinajstić information content (AvgIpc) is 1.86. The summed E-state index contributed by atoms with van der Waals surface area (Å²) in [5, 5.41) is 0. The molecule has 0 radical (unpaired) electrons. The lowest BCUT2D eigenvalue weighted by Crippen LogP contribution is -1.99. The van der Waals surface area contributed by atoms with E-state index in [0.29, 0.717) is 10.5 Å². The lowest BCUT2D eigenvalue weighted by molar-refractivity contribution is 0.601. The van der Waals surface area contributed by atoms with Gasteiger partial charge in [-0.15, -0.1) is 0 Å². The molecular weight excluding hydrogens is 162 g/mol. The monoisotopic (exact) mass is 171 g/mol. The lowest BCUT2D eigenvalue weighted by Gasteiger charge is -1.99. The topological polar surface area (TPSA) is 47.0 Å². The molecule has 0 aliphatic rings. The first-order valence-corrected chi connectivity index (χ1v) is 5.01. The van der Waals surface area contributed by atoms with E-state index >= 15 is 0 Å². The molecule has 0 N–H and O–H groups in total. The second-order valence-corrected chi connectivity index (χ2v) is 4.40. The van der Waals surface area contributed by atoms with Crippen LogP contribution in [0.3, 0.4) is 0 Å². The van der Waals surface area contributed by atoms with Gasteiger partial charge in [0, 0.05) is 18.6 Å². The van der Waals surface area contributed by atoms with Crippen LogP contribution in [0.1, 0.15) is 5.56 Å². The van der Waals surface area contributed by atoms with Gasteiger partial charge in [0.15, 0.2) is 9.84 Å². The molecule has 1 heterocycles. The minimum Gasteiger partial charge on any atom is -0.264 e. The zero-order valence-electron chi connectivity index (χ0n) is 6.40.